The maximum Gasteiger partial charge on any atom is 0.191 e. The van der Waals surface area contributed by atoms with Gasteiger partial charge in [-0.05, 0) is 43.6 Å². The average molecular weight is 359 g/mol. The first-order valence-electron chi connectivity index (χ1n) is 8.86. The van der Waals surface area contributed by atoms with Crippen LogP contribution in [0.3, 0.4) is 0 Å². The summed E-state index contributed by atoms with van der Waals surface area (Å²) in [5.74, 6) is 1.36. The Labute approximate surface area is 156 Å². The summed E-state index contributed by atoms with van der Waals surface area (Å²) in [5, 5.41) is 8.93. The van der Waals surface area contributed by atoms with Crippen LogP contribution < -0.4 is 10.6 Å². The molecule has 0 aliphatic heterocycles. The minimum atomic E-state index is 0.479. The Kier molecular flexibility index (Phi) is 7.95. The van der Waals surface area contributed by atoms with Gasteiger partial charge in [-0.2, -0.15) is 0 Å². The highest BCUT2D eigenvalue weighted by atomic mass is 32.1. The van der Waals surface area contributed by atoms with E-state index in [0.29, 0.717) is 12.5 Å². The molecule has 0 saturated heterocycles. The topological polar surface area (TPSA) is 39.7 Å². The lowest BCUT2D eigenvalue weighted by atomic mass is 10.1. The van der Waals surface area contributed by atoms with Crippen LogP contribution in [0.25, 0.3) is 0 Å². The molecule has 136 valence electrons. The monoisotopic (exact) mass is 358 g/mol. The van der Waals surface area contributed by atoms with Gasteiger partial charge in [-0.15, -0.1) is 11.3 Å². The first kappa shape index (κ1) is 19.5. The van der Waals surface area contributed by atoms with E-state index in [9.17, 15) is 0 Å². The van der Waals surface area contributed by atoms with E-state index in [1.54, 1.807) is 0 Å². The van der Waals surface area contributed by atoms with Crippen LogP contribution in [-0.2, 0) is 13.1 Å². The zero-order valence-electron chi connectivity index (χ0n) is 15.7. The van der Waals surface area contributed by atoms with E-state index in [2.05, 4.69) is 85.3 Å². The lowest BCUT2D eigenvalue weighted by molar-refractivity contribution is 0.402. The quantitative estimate of drug-likeness (QED) is 0.559. The van der Waals surface area contributed by atoms with E-state index in [4.69, 9.17) is 4.99 Å². The molecule has 5 heteroatoms. The summed E-state index contributed by atoms with van der Waals surface area (Å²) in [6.45, 7) is 7.72. The van der Waals surface area contributed by atoms with Gasteiger partial charge in [0.1, 0.15) is 0 Å². The number of hydrogen-bond donors (Lipinski definition) is 2. The van der Waals surface area contributed by atoms with Gasteiger partial charge in [0.15, 0.2) is 5.96 Å². The lowest BCUT2D eigenvalue weighted by Crippen LogP contribution is -2.39. The molecule has 0 saturated carbocycles. The molecule has 1 aromatic heterocycles. The van der Waals surface area contributed by atoms with Crippen LogP contribution in [0.2, 0.25) is 0 Å². The van der Waals surface area contributed by atoms with Crippen molar-refractivity contribution in [2.45, 2.75) is 32.9 Å². The first-order chi connectivity index (χ1) is 12.1. The van der Waals surface area contributed by atoms with Gasteiger partial charge in [0, 0.05) is 30.4 Å². The maximum absolute atomic E-state index is 4.74. The van der Waals surface area contributed by atoms with Crippen molar-refractivity contribution in [3.8, 4) is 0 Å². The smallest absolute Gasteiger partial charge is 0.191 e. The fourth-order valence-electron chi connectivity index (χ4n) is 2.63. The van der Waals surface area contributed by atoms with E-state index >= 15 is 0 Å². The van der Waals surface area contributed by atoms with Crippen molar-refractivity contribution in [3.05, 3.63) is 57.8 Å². The van der Waals surface area contributed by atoms with Crippen molar-refractivity contribution in [1.82, 2.24) is 15.5 Å². The van der Waals surface area contributed by atoms with Crippen molar-refractivity contribution in [2.24, 2.45) is 4.99 Å². The normalized spacial score (nSPS) is 13.1. The third-order valence-electron chi connectivity index (χ3n) is 3.86. The Bertz CT molecular complexity index is 649. The molecule has 2 aromatic rings. The van der Waals surface area contributed by atoms with Crippen molar-refractivity contribution in [1.29, 1.82) is 0 Å². The number of hydrogen-bond acceptors (Lipinski definition) is 3. The number of nitrogens with one attached hydrogen (secondary N) is 2. The number of nitrogens with zero attached hydrogens (tertiary/aromatic N) is 2. The largest absolute Gasteiger partial charge is 0.357 e. The van der Waals surface area contributed by atoms with Gasteiger partial charge in [0.25, 0.3) is 0 Å². The number of aliphatic imine (C=N–C) groups is 1. The van der Waals surface area contributed by atoms with Crippen molar-refractivity contribution in [2.75, 3.05) is 27.2 Å². The van der Waals surface area contributed by atoms with E-state index in [1.165, 1.54) is 16.0 Å². The lowest BCUT2D eigenvalue weighted by Gasteiger charge is -2.15. The van der Waals surface area contributed by atoms with Crippen LogP contribution in [0.15, 0.2) is 46.8 Å². The summed E-state index contributed by atoms with van der Waals surface area (Å²) < 4.78 is 0. The van der Waals surface area contributed by atoms with Crippen molar-refractivity contribution < 1.29 is 0 Å². The summed E-state index contributed by atoms with van der Waals surface area (Å²) >= 11 is 1.81. The number of thiophene rings is 1. The van der Waals surface area contributed by atoms with Gasteiger partial charge in [-0.25, -0.2) is 4.99 Å². The molecule has 25 heavy (non-hydrogen) atoms. The zero-order valence-corrected chi connectivity index (χ0v) is 16.6. The van der Waals surface area contributed by atoms with E-state index in [0.717, 1.165) is 25.6 Å². The minimum absolute atomic E-state index is 0.479. The van der Waals surface area contributed by atoms with E-state index < -0.39 is 0 Å². The van der Waals surface area contributed by atoms with Crippen molar-refractivity contribution in [3.63, 3.8) is 0 Å². The molecule has 0 aliphatic rings. The molecular weight excluding hydrogens is 328 g/mol. The second-order valence-electron chi connectivity index (χ2n) is 6.55. The Morgan fingerprint density at radius 2 is 1.96 bits per heavy atom. The fourth-order valence-corrected chi connectivity index (χ4v) is 3.41. The average Bonchev–Trinajstić information content (AvgIpc) is 3.11. The van der Waals surface area contributed by atoms with Crippen molar-refractivity contribution >= 4 is 17.3 Å². The second-order valence-corrected chi connectivity index (χ2v) is 7.53. The standard InChI is InChI=1S/C20H30N4S/c1-5-21-20(22-13-16(2)19-10-7-11-25-19)23-14-17-8-6-9-18(12-17)15-24(3)4/h6-12,16H,5,13-15H2,1-4H3,(H2,21,22,23). The molecule has 1 atom stereocenters. The Balaban J connectivity index is 1.94. The number of guanidine groups is 1. The first-order valence-corrected chi connectivity index (χ1v) is 9.74. The third kappa shape index (κ3) is 6.88. The molecule has 0 radical (unpaired) electrons. The van der Waals surface area contributed by atoms with Crippen LogP contribution >= 0.6 is 11.3 Å². The Morgan fingerprint density at radius 1 is 1.16 bits per heavy atom. The zero-order chi connectivity index (χ0) is 18.1. The third-order valence-corrected chi connectivity index (χ3v) is 4.96. The van der Waals surface area contributed by atoms with Gasteiger partial charge in [0.2, 0.25) is 0 Å². The highest BCUT2D eigenvalue weighted by molar-refractivity contribution is 7.10. The molecule has 2 N–H and O–H groups in total. The molecule has 2 rings (SSSR count). The fraction of sp³-hybridized carbons (Fsp3) is 0.450. The van der Waals surface area contributed by atoms with E-state index in [-0.39, 0.29) is 0 Å². The molecule has 4 nitrogen and oxygen atoms in total. The van der Waals surface area contributed by atoms with Gasteiger partial charge < -0.3 is 15.5 Å². The number of rotatable bonds is 8. The Morgan fingerprint density at radius 3 is 2.64 bits per heavy atom. The summed E-state index contributed by atoms with van der Waals surface area (Å²) in [5.41, 5.74) is 2.56. The SMILES string of the molecule is CCNC(=NCc1cccc(CN(C)C)c1)NCC(C)c1cccs1. The summed E-state index contributed by atoms with van der Waals surface area (Å²) in [4.78, 5) is 8.32. The minimum Gasteiger partial charge on any atom is -0.357 e. The highest BCUT2D eigenvalue weighted by Gasteiger charge is 2.07. The summed E-state index contributed by atoms with van der Waals surface area (Å²) in [7, 11) is 4.18. The molecule has 0 aliphatic carbocycles. The molecule has 0 spiro atoms. The van der Waals surface area contributed by atoms with Gasteiger partial charge in [0.05, 0.1) is 6.54 Å². The van der Waals surface area contributed by atoms with Gasteiger partial charge in [-0.3, -0.25) is 0 Å². The van der Waals surface area contributed by atoms with Crippen LogP contribution in [0.4, 0.5) is 0 Å². The maximum atomic E-state index is 4.74. The van der Waals surface area contributed by atoms with Crippen LogP contribution in [0, 0.1) is 0 Å². The van der Waals surface area contributed by atoms with Gasteiger partial charge in [-0.1, -0.05) is 37.3 Å². The molecular formula is C20H30N4S. The molecule has 0 fully saturated rings. The van der Waals surface area contributed by atoms with Crippen LogP contribution in [-0.4, -0.2) is 38.0 Å². The van der Waals surface area contributed by atoms with Crippen LogP contribution in [0.5, 0.6) is 0 Å². The summed E-state index contributed by atoms with van der Waals surface area (Å²) in [6.07, 6.45) is 0. The molecule has 1 heterocycles. The highest BCUT2D eigenvalue weighted by Crippen LogP contribution is 2.19. The second kappa shape index (κ2) is 10.2. The van der Waals surface area contributed by atoms with Gasteiger partial charge >= 0.3 is 0 Å². The Hall–Kier alpha value is -1.85. The predicted octanol–water partition coefficient (Wildman–Crippen LogP) is 3.67. The number of benzene rings is 1. The molecule has 1 unspecified atom stereocenters. The molecule has 0 bridgehead atoms. The molecule has 0 amide bonds. The van der Waals surface area contributed by atoms with E-state index in [1.807, 2.05) is 11.3 Å². The summed E-state index contributed by atoms with van der Waals surface area (Å²) in [6, 6.07) is 13.0. The predicted molar refractivity (Wildman–Crippen MR) is 109 cm³/mol. The van der Waals surface area contributed by atoms with Crippen LogP contribution in [0.1, 0.15) is 35.8 Å². The molecule has 1 aromatic carbocycles.